The standard InChI is InChI=1S/C13H18N2O4/c1-19-10-4-2-9(3-5-10)6-7-15-13(18)11(14)8-12(16)17/h2-5,11H,6-8,14H2,1H3,(H,15,18)(H,16,17)/t11-/m0/s1. The van der Waals surface area contributed by atoms with Gasteiger partial charge in [0.05, 0.1) is 19.6 Å². The third kappa shape index (κ3) is 5.39. The van der Waals surface area contributed by atoms with Crippen molar-refractivity contribution < 1.29 is 19.4 Å². The minimum Gasteiger partial charge on any atom is -0.497 e. The normalized spacial score (nSPS) is 11.7. The van der Waals surface area contributed by atoms with Crippen LogP contribution in [0, 0.1) is 0 Å². The molecular formula is C13H18N2O4. The number of benzene rings is 1. The van der Waals surface area contributed by atoms with E-state index in [1.807, 2.05) is 24.3 Å². The highest BCUT2D eigenvalue weighted by Gasteiger charge is 2.16. The van der Waals surface area contributed by atoms with Gasteiger partial charge in [-0.05, 0) is 24.1 Å². The number of carboxylic acid groups (broad SMARTS) is 1. The highest BCUT2D eigenvalue weighted by atomic mass is 16.5. The number of carboxylic acids is 1. The van der Waals surface area contributed by atoms with Crippen molar-refractivity contribution in [2.75, 3.05) is 13.7 Å². The van der Waals surface area contributed by atoms with Gasteiger partial charge in [0.2, 0.25) is 5.91 Å². The molecule has 6 nitrogen and oxygen atoms in total. The van der Waals surface area contributed by atoms with E-state index in [1.54, 1.807) is 7.11 Å². The lowest BCUT2D eigenvalue weighted by atomic mass is 10.1. The molecule has 1 rings (SSSR count). The zero-order chi connectivity index (χ0) is 14.3. The van der Waals surface area contributed by atoms with E-state index in [0.717, 1.165) is 11.3 Å². The first-order valence-corrected chi connectivity index (χ1v) is 5.91. The Morgan fingerprint density at radius 2 is 2.00 bits per heavy atom. The predicted molar refractivity (Wildman–Crippen MR) is 69.9 cm³/mol. The van der Waals surface area contributed by atoms with Gasteiger partial charge >= 0.3 is 5.97 Å². The lowest BCUT2D eigenvalue weighted by Crippen LogP contribution is -2.42. The number of nitrogens with two attached hydrogens (primary N) is 1. The maximum atomic E-state index is 11.4. The molecule has 1 aromatic carbocycles. The van der Waals surface area contributed by atoms with E-state index < -0.39 is 17.9 Å². The number of methoxy groups -OCH3 is 1. The van der Waals surface area contributed by atoms with Crippen molar-refractivity contribution in [3.8, 4) is 5.75 Å². The summed E-state index contributed by atoms with van der Waals surface area (Å²) in [7, 11) is 1.60. The van der Waals surface area contributed by atoms with Crippen LogP contribution in [-0.4, -0.2) is 36.7 Å². The van der Waals surface area contributed by atoms with Crippen LogP contribution in [0.25, 0.3) is 0 Å². The summed E-state index contributed by atoms with van der Waals surface area (Å²) in [5.74, 6) is -0.759. The van der Waals surface area contributed by atoms with Crippen LogP contribution in [0.3, 0.4) is 0 Å². The molecule has 0 saturated carbocycles. The highest BCUT2D eigenvalue weighted by Crippen LogP contribution is 2.11. The Bertz CT molecular complexity index is 431. The van der Waals surface area contributed by atoms with Crippen LogP contribution in [0.2, 0.25) is 0 Å². The molecule has 0 aliphatic rings. The predicted octanol–water partition coefficient (Wildman–Crippen LogP) is 0.156. The third-order valence-corrected chi connectivity index (χ3v) is 2.60. The highest BCUT2D eigenvalue weighted by molar-refractivity contribution is 5.85. The lowest BCUT2D eigenvalue weighted by molar-refractivity contribution is -0.139. The largest absolute Gasteiger partial charge is 0.497 e. The molecule has 1 atom stereocenters. The summed E-state index contributed by atoms with van der Waals surface area (Å²) in [5, 5.41) is 11.1. The molecule has 104 valence electrons. The Hall–Kier alpha value is -2.08. The first kappa shape index (κ1) is 15.0. The zero-order valence-electron chi connectivity index (χ0n) is 10.8. The van der Waals surface area contributed by atoms with Crippen molar-refractivity contribution in [2.45, 2.75) is 18.9 Å². The fourth-order valence-electron chi connectivity index (χ4n) is 1.53. The number of aliphatic carboxylic acids is 1. The maximum absolute atomic E-state index is 11.4. The topological polar surface area (TPSA) is 102 Å². The number of ether oxygens (including phenoxy) is 1. The molecular weight excluding hydrogens is 248 g/mol. The summed E-state index contributed by atoms with van der Waals surface area (Å²) in [5.41, 5.74) is 6.48. The minimum atomic E-state index is -1.09. The summed E-state index contributed by atoms with van der Waals surface area (Å²) >= 11 is 0. The van der Waals surface area contributed by atoms with Gasteiger partial charge < -0.3 is 20.9 Å². The quantitative estimate of drug-likeness (QED) is 0.652. The molecule has 6 heteroatoms. The molecule has 0 spiro atoms. The average Bonchev–Trinajstić information content (AvgIpc) is 2.38. The zero-order valence-corrected chi connectivity index (χ0v) is 10.8. The van der Waals surface area contributed by atoms with Crippen molar-refractivity contribution in [1.29, 1.82) is 0 Å². The van der Waals surface area contributed by atoms with Gasteiger partial charge in [-0.15, -0.1) is 0 Å². The molecule has 0 aromatic heterocycles. The molecule has 1 amide bonds. The van der Waals surface area contributed by atoms with Crippen molar-refractivity contribution in [3.63, 3.8) is 0 Å². The van der Waals surface area contributed by atoms with Crippen molar-refractivity contribution in [2.24, 2.45) is 5.73 Å². The number of nitrogens with one attached hydrogen (secondary N) is 1. The Balaban J connectivity index is 2.32. The summed E-state index contributed by atoms with van der Waals surface area (Å²) in [6.45, 7) is 0.415. The average molecular weight is 266 g/mol. The molecule has 1 aromatic rings. The molecule has 0 saturated heterocycles. The van der Waals surface area contributed by atoms with E-state index in [1.165, 1.54) is 0 Å². The first-order valence-electron chi connectivity index (χ1n) is 5.91. The Morgan fingerprint density at radius 3 is 2.53 bits per heavy atom. The third-order valence-electron chi connectivity index (χ3n) is 2.60. The minimum absolute atomic E-state index is 0.367. The van der Waals surface area contributed by atoms with Crippen molar-refractivity contribution >= 4 is 11.9 Å². The Kier molecular flexibility index (Phi) is 5.81. The molecule has 0 radical (unpaired) electrons. The first-order chi connectivity index (χ1) is 9.02. The van der Waals surface area contributed by atoms with Gasteiger partial charge in [-0.25, -0.2) is 0 Å². The molecule has 0 fully saturated rings. The number of amides is 1. The molecule has 0 unspecified atom stereocenters. The second-order valence-electron chi connectivity index (χ2n) is 4.09. The number of hydrogen-bond donors (Lipinski definition) is 3. The molecule has 0 heterocycles. The van der Waals surface area contributed by atoms with E-state index in [0.29, 0.717) is 13.0 Å². The number of carbonyl (C=O) groups excluding carboxylic acids is 1. The van der Waals surface area contributed by atoms with Crippen LogP contribution >= 0.6 is 0 Å². The van der Waals surface area contributed by atoms with Crippen molar-refractivity contribution in [3.05, 3.63) is 29.8 Å². The SMILES string of the molecule is COc1ccc(CCNC(=O)[C@@H](N)CC(=O)O)cc1. The van der Waals surface area contributed by atoms with Gasteiger partial charge in [-0.3, -0.25) is 9.59 Å². The number of hydrogen-bond acceptors (Lipinski definition) is 4. The fourth-order valence-corrected chi connectivity index (χ4v) is 1.53. The molecule has 19 heavy (non-hydrogen) atoms. The number of carbonyl (C=O) groups is 2. The lowest BCUT2D eigenvalue weighted by Gasteiger charge is -2.10. The fraction of sp³-hybridized carbons (Fsp3) is 0.385. The molecule has 0 aliphatic carbocycles. The van der Waals surface area contributed by atoms with E-state index in [2.05, 4.69) is 5.32 Å². The summed E-state index contributed by atoms with van der Waals surface area (Å²) in [4.78, 5) is 21.8. The van der Waals surface area contributed by atoms with Crippen LogP contribution < -0.4 is 15.8 Å². The molecule has 0 bridgehead atoms. The van der Waals surface area contributed by atoms with Crippen LogP contribution in [0.5, 0.6) is 5.75 Å². The van der Waals surface area contributed by atoms with E-state index in [9.17, 15) is 9.59 Å². The van der Waals surface area contributed by atoms with Gasteiger partial charge in [0.1, 0.15) is 5.75 Å². The Labute approximate surface area is 111 Å². The monoisotopic (exact) mass is 266 g/mol. The second-order valence-corrected chi connectivity index (χ2v) is 4.09. The van der Waals surface area contributed by atoms with Crippen LogP contribution in [0.15, 0.2) is 24.3 Å². The van der Waals surface area contributed by atoms with Gasteiger partial charge in [-0.2, -0.15) is 0 Å². The summed E-state index contributed by atoms with van der Waals surface area (Å²) < 4.78 is 5.04. The maximum Gasteiger partial charge on any atom is 0.305 e. The summed E-state index contributed by atoms with van der Waals surface area (Å²) in [6.07, 6.45) is 0.282. The van der Waals surface area contributed by atoms with Crippen LogP contribution in [0.4, 0.5) is 0 Å². The van der Waals surface area contributed by atoms with Crippen LogP contribution in [-0.2, 0) is 16.0 Å². The van der Waals surface area contributed by atoms with E-state index >= 15 is 0 Å². The second kappa shape index (κ2) is 7.38. The van der Waals surface area contributed by atoms with E-state index in [-0.39, 0.29) is 6.42 Å². The van der Waals surface area contributed by atoms with Gasteiger partial charge in [-0.1, -0.05) is 12.1 Å². The van der Waals surface area contributed by atoms with Gasteiger partial charge in [0.15, 0.2) is 0 Å². The van der Waals surface area contributed by atoms with Gasteiger partial charge in [0.25, 0.3) is 0 Å². The molecule has 4 N–H and O–H groups in total. The smallest absolute Gasteiger partial charge is 0.305 e. The van der Waals surface area contributed by atoms with Crippen LogP contribution in [0.1, 0.15) is 12.0 Å². The van der Waals surface area contributed by atoms with Crippen molar-refractivity contribution in [1.82, 2.24) is 5.32 Å². The Morgan fingerprint density at radius 1 is 1.37 bits per heavy atom. The molecule has 0 aliphatic heterocycles. The van der Waals surface area contributed by atoms with E-state index in [4.69, 9.17) is 15.6 Å². The van der Waals surface area contributed by atoms with Gasteiger partial charge in [0, 0.05) is 6.54 Å². The number of rotatable bonds is 7. The summed E-state index contributed by atoms with van der Waals surface area (Å²) in [6, 6.07) is 6.48.